The van der Waals surface area contributed by atoms with Crippen molar-refractivity contribution in [2.24, 2.45) is 5.92 Å². The third-order valence-electron chi connectivity index (χ3n) is 2.72. The van der Waals surface area contributed by atoms with Crippen molar-refractivity contribution in [3.63, 3.8) is 0 Å². The summed E-state index contributed by atoms with van der Waals surface area (Å²) in [5.74, 6) is 1.72. The van der Waals surface area contributed by atoms with Crippen LogP contribution in [0.4, 0.5) is 0 Å². The molecule has 5 heteroatoms. The summed E-state index contributed by atoms with van der Waals surface area (Å²) in [6.45, 7) is 6.20. The molecule has 0 saturated carbocycles. The smallest absolute Gasteiger partial charge is 0.227 e. The zero-order chi connectivity index (χ0) is 12.3. The van der Waals surface area contributed by atoms with Crippen molar-refractivity contribution in [3.8, 4) is 11.5 Å². The van der Waals surface area contributed by atoms with E-state index < -0.39 is 0 Å². The van der Waals surface area contributed by atoms with E-state index in [9.17, 15) is 0 Å². The van der Waals surface area contributed by atoms with Gasteiger partial charge < -0.3 is 4.52 Å². The van der Waals surface area contributed by atoms with Crippen molar-refractivity contribution >= 4 is 0 Å². The fraction of sp³-hybridized carbons (Fsp3) is 0.500. The molecule has 2 rings (SSSR count). The van der Waals surface area contributed by atoms with E-state index in [0.29, 0.717) is 23.3 Å². The molecule has 0 aliphatic carbocycles. The first kappa shape index (κ1) is 11.7. The van der Waals surface area contributed by atoms with Gasteiger partial charge in [0, 0.05) is 6.42 Å². The molecular weight excluding hydrogens is 216 g/mol. The van der Waals surface area contributed by atoms with Gasteiger partial charge in [0.15, 0.2) is 0 Å². The van der Waals surface area contributed by atoms with Crippen molar-refractivity contribution < 1.29 is 4.52 Å². The van der Waals surface area contributed by atoms with Crippen LogP contribution in [0.2, 0.25) is 0 Å². The Kier molecular flexibility index (Phi) is 3.46. The SMILES string of the molecule is CC[C@H](C)Cc1nc(-c2ccc(C)nn2)no1. The maximum Gasteiger partial charge on any atom is 0.227 e. The van der Waals surface area contributed by atoms with Gasteiger partial charge in [-0.05, 0) is 25.0 Å². The zero-order valence-corrected chi connectivity index (χ0v) is 10.3. The summed E-state index contributed by atoms with van der Waals surface area (Å²) in [7, 11) is 0. The van der Waals surface area contributed by atoms with Gasteiger partial charge in [0.25, 0.3) is 0 Å². The van der Waals surface area contributed by atoms with Crippen LogP contribution in [0.5, 0.6) is 0 Å². The highest BCUT2D eigenvalue weighted by Crippen LogP contribution is 2.15. The third kappa shape index (κ3) is 2.87. The molecule has 0 unspecified atom stereocenters. The average molecular weight is 232 g/mol. The molecule has 0 aliphatic heterocycles. The number of rotatable bonds is 4. The zero-order valence-electron chi connectivity index (χ0n) is 10.3. The van der Waals surface area contributed by atoms with Crippen LogP contribution in [0.15, 0.2) is 16.7 Å². The predicted octanol–water partition coefficient (Wildman–Crippen LogP) is 2.42. The Hall–Kier alpha value is -1.78. The Balaban J connectivity index is 2.15. The van der Waals surface area contributed by atoms with E-state index in [-0.39, 0.29) is 0 Å². The van der Waals surface area contributed by atoms with Crippen LogP contribution in [0.1, 0.15) is 31.9 Å². The maximum absolute atomic E-state index is 5.19. The predicted molar refractivity (Wildman–Crippen MR) is 63.2 cm³/mol. The van der Waals surface area contributed by atoms with Crippen LogP contribution in [0.3, 0.4) is 0 Å². The summed E-state index contributed by atoms with van der Waals surface area (Å²) >= 11 is 0. The van der Waals surface area contributed by atoms with Crippen LogP contribution in [0.25, 0.3) is 11.5 Å². The molecule has 1 atom stereocenters. The summed E-state index contributed by atoms with van der Waals surface area (Å²) in [5.41, 5.74) is 1.52. The number of hydrogen-bond acceptors (Lipinski definition) is 5. The molecule has 90 valence electrons. The summed E-state index contributed by atoms with van der Waals surface area (Å²) in [4.78, 5) is 4.32. The van der Waals surface area contributed by atoms with Gasteiger partial charge in [0.1, 0.15) is 5.69 Å². The van der Waals surface area contributed by atoms with E-state index in [2.05, 4.69) is 34.2 Å². The summed E-state index contributed by atoms with van der Waals surface area (Å²) in [6, 6.07) is 3.73. The fourth-order valence-corrected chi connectivity index (χ4v) is 1.40. The van der Waals surface area contributed by atoms with Gasteiger partial charge >= 0.3 is 0 Å². The van der Waals surface area contributed by atoms with Crippen molar-refractivity contribution in [1.29, 1.82) is 0 Å². The number of aryl methyl sites for hydroxylation is 1. The quantitative estimate of drug-likeness (QED) is 0.810. The standard InChI is InChI=1S/C12H16N4O/c1-4-8(2)7-11-13-12(16-17-11)10-6-5-9(3)14-15-10/h5-6,8H,4,7H2,1-3H3/t8-/m0/s1. The lowest BCUT2D eigenvalue weighted by Crippen LogP contribution is -1.98. The van der Waals surface area contributed by atoms with Gasteiger partial charge in [-0.2, -0.15) is 10.1 Å². The maximum atomic E-state index is 5.19. The highest BCUT2D eigenvalue weighted by atomic mass is 16.5. The van der Waals surface area contributed by atoms with Gasteiger partial charge in [-0.1, -0.05) is 25.4 Å². The molecule has 5 nitrogen and oxygen atoms in total. The lowest BCUT2D eigenvalue weighted by Gasteiger charge is -2.01. The normalized spacial score (nSPS) is 12.6. The molecule has 0 bridgehead atoms. The molecule has 2 heterocycles. The van der Waals surface area contributed by atoms with Gasteiger partial charge in [0.05, 0.1) is 5.69 Å². The Morgan fingerprint density at radius 1 is 1.29 bits per heavy atom. The lowest BCUT2D eigenvalue weighted by molar-refractivity contribution is 0.356. The first-order valence-electron chi connectivity index (χ1n) is 5.82. The van der Waals surface area contributed by atoms with Crippen LogP contribution < -0.4 is 0 Å². The van der Waals surface area contributed by atoms with E-state index in [0.717, 1.165) is 18.5 Å². The van der Waals surface area contributed by atoms with E-state index in [4.69, 9.17) is 4.52 Å². The minimum atomic E-state index is 0.510. The largest absolute Gasteiger partial charge is 0.339 e. The molecule has 0 fully saturated rings. The Labute approximate surface area is 100 Å². The molecule has 2 aromatic heterocycles. The molecule has 0 aliphatic rings. The topological polar surface area (TPSA) is 64.7 Å². The molecule has 0 spiro atoms. The van der Waals surface area contributed by atoms with Crippen molar-refractivity contribution in [3.05, 3.63) is 23.7 Å². The molecule has 0 N–H and O–H groups in total. The van der Waals surface area contributed by atoms with Gasteiger partial charge in [-0.25, -0.2) is 0 Å². The molecular formula is C12H16N4O. The summed E-state index contributed by atoms with van der Waals surface area (Å²) in [5, 5.41) is 11.9. The first-order valence-corrected chi connectivity index (χ1v) is 5.82. The van der Waals surface area contributed by atoms with Crippen molar-refractivity contribution in [2.45, 2.75) is 33.6 Å². The molecule has 0 saturated heterocycles. The van der Waals surface area contributed by atoms with Crippen LogP contribution in [-0.4, -0.2) is 20.3 Å². The second-order valence-electron chi connectivity index (χ2n) is 4.29. The summed E-state index contributed by atoms with van der Waals surface area (Å²) in [6.07, 6.45) is 1.91. The third-order valence-corrected chi connectivity index (χ3v) is 2.72. The molecule has 0 radical (unpaired) electrons. The second kappa shape index (κ2) is 5.03. The van der Waals surface area contributed by atoms with Crippen molar-refractivity contribution in [2.75, 3.05) is 0 Å². The Morgan fingerprint density at radius 2 is 2.12 bits per heavy atom. The highest BCUT2D eigenvalue weighted by molar-refractivity contribution is 5.46. The Morgan fingerprint density at radius 3 is 2.76 bits per heavy atom. The molecule has 0 amide bonds. The van der Waals surface area contributed by atoms with E-state index in [1.54, 1.807) is 0 Å². The number of nitrogens with zero attached hydrogens (tertiary/aromatic N) is 4. The van der Waals surface area contributed by atoms with E-state index in [1.165, 1.54) is 0 Å². The summed E-state index contributed by atoms with van der Waals surface area (Å²) < 4.78 is 5.19. The first-order chi connectivity index (χ1) is 8.19. The fourth-order valence-electron chi connectivity index (χ4n) is 1.40. The number of hydrogen-bond donors (Lipinski definition) is 0. The Bertz CT molecular complexity index is 478. The minimum absolute atomic E-state index is 0.510. The van der Waals surface area contributed by atoms with Gasteiger partial charge in [-0.3, -0.25) is 0 Å². The van der Waals surface area contributed by atoms with Crippen LogP contribution >= 0.6 is 0 Å². The second-order valence-corrected chi connectivity index (χ2v) is 4.29. The van der Waals surface area contributed by atoms with Crippen LogP contribution in [-0.2, 0) is 6.42 Å². The van der Waals surface area contributed by atoms with Crippen molar-refractivity contribution in [1.82, 2.24) is 20.3 Å². The molecule has 0 aromatic carbocycles. The van der Waals surface area contributed by atoms with Crippen LogP contribution in [0, 0.1) is 12.8 Å². The van der Waals surface area contributed by atoms with E-state index in [1.807, 2.05) is 19.1 Å². The monoisotopic (exact) mass is 232 g/mol. The van der Waals surface area contributed by atoms with Gasteiger partial charge in [0.2, 0.25) is 11.7 Å². The lowest BCUT2D eigenvalue weighted by atomic mass is 10.1. The highest BCUT2D eigenvalue weighted by Gasteiger charge is 2.12. The minimum Gasteiger partial charge on any atom is -0.339 e. The average Bonchev–Trinajstić information content (AvgIpc) is 2.78. The number of aromatic nitrogens is 4. The van der Waals surface area contributed by atoms with E-state index >= 15 is 0 Å². The van der Waals surface area contributed by atoms with Gasteiger partial charge in [-0.15, -0.1) is 5.10 Å². The molecule has 2 aromatic rings. The molecule has 17 heavy (non-hydrogen) atoms.